The quantitative estimate of drug-likeness (QED) is 0.420. The Morgan fingerprint density at radius 1 is 1.24 bits per heavy atom. The molecule has 9 heteroatoms. The zero-order chi connectivity index (χ0) is 24.0. The molecule has 0 radical (unpaired) electrons. The van der Waals surface area contributed by atoms with E-state index in [1.54, 1.807) is 19.2 Å². The van der Waals surface area contributed by atoms with Crippen LogP contribution in [0.1, 0.15) is 49.4 Å². The summed E-state index contributed by atoms with van der Waals surface area (Å²) < 4.78 is 11.1. The van der Waals surface area contributed by atoms with Crippen molar-refractivity contribution in [2.24, 2.45) is 5.92 Å². The van der Waals surface area contributed by atoms with E-state index in [0.29, 0.717) is 27.9 Å². The van der Waals surface area contributed by atoms with Crippen LogP contribution in [-0.2, 0) is 4.74 Å². The standard InChI is InChI=1S/C24H37ClN4O3S/c1-4-5-23(33)29-10-6-16(7-11-29)14-28-9-8-20(22(15-28)32-3)27-24(30)17-12-18(25)19(26)13-21(17)31-2/h12-13,16,20,22H,4-11,14-15,26H2,1-3H3,(H,27,30)/t20-,22+/m1/s1. The van der Waals surface area contributed by atoms with Crippen molar-refractivity contribution >= 4 is 40.4 Å². The van der Waals surface area contributed by atoms with Crippen molar-refractivity contribution in [1.82, 2.24) is 15.1 Å². The van der Waals surface area contributed by atoms with Gasteiger partial charge in [0.2, 0.25) is 0 Å². The predicted molar refractivity (Wildman–Crippen MR) is 137 cm³/mol. The smallest absolute Gasteiger partial charge is 0.255 e. The van der Waals surface area contributed by atoms with Crippen LogP contribution in [0.5, 0.6) is 5.75 Å². The molecule has 2 heterocycles. The van der Waals surface area contributed by atoms with Gasteiger partial charge in [-0.25, -0.2) is 0 Å². The molecule has 3 N–H and O–H groups in total. The summed E-state index contributed by atoms with van der Waals surface area (Å²) in [6.07, 6.45) is 5.24. The Morgan fingerprint density at radius 3 is 2.61 bits per heavy atom. The number of nitrogen functional groups attached to an aromatic ring is 1. The number of nitrogens with one attached hydrogen (secondary N) is 1. The Balaban J connectivity index is 1.52. The average Bonchev–Trinajstić information content (AvgIpc) is 2.82. The Bertz CT molecular complexity index is 832. The molecule has 7 nitrogen and oxygen atoms in total. The number of halogens is 1. The number of ether oxygens (including phenoxy) is 2. The van der Waals surface area contributed by atoms with Crippen LogP contribution in [0.4, 0.5) is 5.69 Å². The predicted octanol–water partition coefficient (Wildman–Crippen LogP) is 3.59. The van der Waals surface area contributed by atoms with E-state index in [-0.39, 0.29) is 18.1 Å². The first-order valence-corrected chi connectivity index (χ1v) is 12.6. The third-order valence-electron chi connectivity index (χ3n) is 6.77. The molecule has 2 atom stereocenters. The zero-order valence-corrected chi connectivity index (χ0v) is 21.5. The van der Waals surface area contributed by atoms with E-state index in [0.717, 1.165) is 57.0 Å². The summed E-state index contributed by atoms with van der Waals surface area (Å²) in [6, 6.07) is 3.06. The van der Waals surface area contributed by atoms with Gasteiger partial charge in [0.15, 0.2) is 0 Å². The maximum atomic E-state index is 13.0. The third-order valence-corrected chi connectivity index (χ3v) is 7.56. The number of amides is 1. The lowest BCUT2D eigenvalue weighted by molar-refractivity contribution is -0.000285. The normalized spacial score (nSPS) is 22.2. The van der Waals surface area contributed by atoms with Gasteiger partial charge < -0.3 is 30.3 Å². The van der Waals surface area contributed by atoms with E-state index in [4.69, 9.17) is 39.0 Å². The number of hydrogen-bond donors (Lipinski definition) is 2. The molecule has 0 spiro atoms. The first-order chi connectivity index (χ1) is 15.9. The molecule has 2 aliphatic heterocycles. The highest BCUT2D eigenvalue weighted by Crippen LogP contribution is 2.29. The molecule has 2 saturated heterocycles. The number of piperidine rings is 2. The van der Waals surface area contributed by atoms with Gasteiger partial charge in [-0.2, -0.15) is 0 Å². The van der Waals surface area contributed by atoms with Crippen LogP contribution in [0.2, 0.25) is 5.02 Å². The summed E-state index contributed by atoms with van der Waals surface area (Å²) >= 11 is 11.7. The number of benzene rings is 1. The van der Waals surface area contributed by atoms with E-state index in [1.165, 1.54) is 20.0 Å². The molecule has 0 saturated carbocycles. The van der Waals surface area contributed by atoms with Crippen molar-refractivity contribution in [3.8, 4) is 5.75 Å². The summed E-state index contributed by atoms with van der Waals surface area (Å²) in [5.74, 6) is 0.853. The zero-order valence-electron chi connectivity index (χ0n) is 19.9. The van der Waals surface area contributed by atoms with Crippen LogP contribution in [0.15, 0.2) is 12.1 Å². The fraction of sp³-hybridized carbons (Fsp3) is 0.667. The minimum absolute atomic E-state index is 0.0739. The number of likely N-dealkylation sites (tertiary alicyclic amines) is 2. The number of rotatable bonds is 8. The molecule has 0 aromatic heterocycles. The van der Waals surface area contributed by atoms with Gasteiger partial charge >= 0.3 is 0 Å². The molecule has 0 bridgehead atoms. The lowest BCUT2D eigenvalue weighted by atomic mass is 9.93. The van der Waals surface area contributed by atoms with Crippen molar-refractivity contribution in [3.63, 3.8) is 0 Å². The van der Waals surface area contributed by atoms with Crippen molar-refractivity contribution < 1.29 is 14.3 Å². The van der Waals surface area contributed by atoms with Crippen LogP contribution >= 0.6 is 23.8 Å². The van der Waals surface area contributed by atoms with Crippen LogP contribution < -0.4 is 15.8 Å². The summed E-state index contributed by atoms with van der Waals surface area (Å²) in [5.41, 5.74) is 6.60. The van der Waals surface area contributed by atoms with Gasteiger partial charge in [0.25, 0.3) is 5.91 Å². The third kappa shape index (κ3) is 6.72. The van der Waals surface area contributed by atoms with Crippen molar-refractivity contribution in [3.05, 3.63) is 22.7 Å². The molecule has 33 heavy (non-hydrogen) atoms. The number of methoxy groups -OCH3 is 2. The molecule has 1 aromatic carbocycles. The van der Waals surface area contributed by atoms with Crippen LogP contribution in [0.25, 0.3) is 0 Å². The molecule has 1 aromatic rings. The van der Waals surface area contributed by atoms with E-state index in [1.807, 2.05) is 0 Å². The maximum absolute atomic E-state index is 13.0. The van der Waals surface area contributed by atoms with Gasteiger partial charge in [0.1, 0.15) is 5.75 Å². The number of hydrogen-bond acceptors (Lipinski definition) is 6. The van der Waals surface area contributed by atoms with Gasteiger partial charge in [0, 0.05) is 45.9 Å². The highest BCUT2D eigenvalue weighted by molar-refractivity contribution is 7.80. The second kappa shape index (κ2) is 12.2. The molecule has 0 unspecified atom stereocenters. The monoisotopic (exact) mass is 496 g/mol. The van der Waals surface area contributed by atoms with Crippen molar-refractivity contribution in [2.75, 3.05) is 52.7 Å². The van der Waals surface area contributed by atoms with E-state index >= 15 is 0 Å². The average molecular weight is 497 g/mol. The Hall–Kier alpha value is -1.61. The Morgan fingerprint density at radius 2 is 1.97 bits per heavy atom. The molecule has 184 valence electrons. The number of nitrogens with zero attached hydrogens (tertiary/aromatic N) is 2. The topological polar surface area (TPSA) is 80.1 Å². The van der Waals surface area contributed by atoms with E-state index in [9.17, 15) is 4.79 Å². The first kappa shape index (κ1) is 26.0. The van der Waals surface area contributed by atoms with Crippen LogP contribution in [0.3, 0.4) is 0 Å². The largest absolute Gasteiger partial charge is 0.496 e. The molecular formula is C24H37ClN4O3S. The van der Waals surface area contributed by atoms with Crippen molar-refractivity contribution in [2.45, 2.75) is 51.2 Å². The number of nitrogens with two attached hydrogens (primary N) is 1. The van der Waals surface area contributed by atoms with Gasteiger partial charge in [-0.05, 0) is 44.1 Å². The summed E-state index contributed by atoms with van der Waals surface area (Å²) in [4.78, 5) is 18.9. The molecule has 0 aliphatic carbocycles. The fourth-order valence-corrected chi connectivity index (χ4v) is 5.36. The van der Waals surface area contributed by atoms with Crippen molar-refractivity contribution in [1.29, 1.82) is 0 Å². The minimum Gasteiger partial charge on any atom is -0.496 e. The minimum atomic E-state index is -0.232. The second-order valence-corrected chi connectivity index (χ2v) is 9.93. The molecule has 2 aliphatic rings. The highest BCUT2D eigenvalue weighted by Gasteiger charge is 2.33. The van der Waals surface area contributed by atoms with E-state index < -0.39 is 0 Å². The summed E-state index contributed by atoms with van der Waals surface area (Å²) in [6.45, 7) is 7.11. The molecule has 2 fully saturated rings. The van der Waals surface area contributed by atoms with Gasteiger partial charge in [-0.1, -0.05) is 30.7 Å². The molecule has 1 amide bonds. The van der Waals surface area contributed by atoms with Gasteiger partial charge in [0.05, 0.1) is 40.5 Å². The number of thiocarbonyl (C=S) groups is 1. The Labute approximate surface area is 207 Å². The SMILES string of the molecule is CCCC(=S)N1CCC(CN2CC[C@@H](NC(=O)c3cc(Cl)c(N)cc3OC)[C@@H](OC)C2)CC1. The molecular weight excluding hydrogens is 460 g/mol. The fourth-order valence-electron chi connectivity index (χ4n) is 4.81. The van der Waals surface area contributed by atoms with Gasteiger partial charge in [-0.3, -0.25) is 4.79 Å². The number of carbonyl (C=O) groups excluding carboxylic acids is 1. The highest BCUT2D eigenvalue weighted by atomic mass is 35.5. The summed E-state index contributed by atoms with van der Waals surface area (Å²) in [5, 5.41) is 3.45. The summed E-state index contributed by atoms with van der Waals surface area (Å²) in [7, 11) is 3.22. The number of anilines is 1. The number of carbonyl (C=O) groups is 1. The first-order valence-electron chi connectivity index (χ1n) is 11.8. The second-order valence-electron chi connectivity index (χ2n) is 9.05. The van der Waals surface area contributed by atoms with E-state index in [2.05, 4.69) is 22.0 Å². The lowest BCUT2D eigenvalue weighted by Crippen LogP contribution is -2.55. The van der Waals surface area contributed by atoms with Crippen LogP contribution in [0, 0.1) is 5.92 Å². The van der Waals surface area contributed by atoms with Gasteiger partial charge in [-0.15, -0.1) is 0 Å². The lowest BCUT2D eigenvalue weighted by Gasteiger charge is -2.41. The Kier molecular flexibility index (Phi) is 9.61. The van der Waals surface area contributed by atoms with Crippen LogP contribution in [-0.4, -0.2) is 79.8 Å². The maximum Gasteiger partial charge on any atom is 0.255 e. The molecule has 3 rings (SSSR count).